The van der Waals surface area contributed by atoms with Crippen molar-refractivity contribution in [2.45, 2.75) is 12.1 Å². The molecule has 0 aliphatic rings. The molecule has 1 heterocycles. The van der Waals surface area contributed by atoms with Gasteiger partial charge < -0.3 is 13.9 Å². The first-order valence-electron chi connectivity index (χ1n) is 7.83. The first-order chi connectivity index (χ1) is 12.3. The standard InChI is InChI=1S/C18H17BrN2O3S/c1-2-22-16-6-4-3-5-15(16)17-20-21-18(24-17)25-12-11-23-14-9-7-13(19)8-10-14/h3-10H,2,11-12H2,1H3. The normalized spacial score (nSPS) is 10.6. The second-order valence-electron chi connectivity index (χ2n) is 4.95. The Balaban J connectivity index is 1.54. The highest BCUT2D eigenvalue weighted by atomic mass is 79.9. The Morgan fingerprint density at radius 3 is 2.64 bits per heavy atom. The van der Waals surface area contributed by atoms with Crippen LogP contribution in [0, 0.1) is 0 Å². The van der Waals surface area contributed by atoms with Gasteiger partial charge in [-0.15, -0.1) is 10.2 Å². The molecule has 2 aromatic carbocycles. The fraction of sp³-hybridized carbons (Fsp3) is 0.222. The number of hydrogen-bond donors (Lipinski definition) is 0. The lowest BCUT2D eigenvalue weighted by atomic mass is 10.2. The molecule has 0 unspecified atom stereocenters. The monoisotopic (exact) mass is 420 g/mol. The molecule has 3 rings (SSSR count). The number of rotatable bonds is 8. The molecular formula is C18H17BrN2O3S. The quantitative estimate of drug-likeness (QED) is 0.374. The number of benzene rings is 2. The number of hydrogen-bond acceptors (Lipinski definition) is 6. The number of halogens is 1. The molecule has 0 saturated carbocycles. The third-order valence-electron chi connectivity index (χ3n) is 3.22. The predicted octanol–water partition coefficient (Wildman–Crippen LogP) is 5.07. The summed E-state index contributed by atoms with van der Waals surface area (Å²) < 4.78 is 18.0. The van der Waals surface area contributed by atoms with E-state index < -0.39 is 0 Å². The van der Waals surface area contributed by atoms with Crippen molar-refractivity contribution in [1.29, 1.82) is 0 Å². The molecule has 0 aliphatic carbocycles. The van der Waals surface area contributed by atoms with Gasteiger partial charge in [-0.2, -0.15) is 0 Å². The van der Waals surface area contributed by atoms with Crippen LogP contribution in [0.15, 0.2) is 62.6 Å². The van der Waals surface area contributed by atoms with Gasteiger partial charge in [-0.1, -0.05) is 39.8 Å². The molecule has 0 spiro atoms. The molecule has 0 bridgehead atoms. The number of aromatic nitrogens is 2. The Morgan fingerprint density at radius 1 is 1.04 bits per heavy atom. The van der Waals surface area contributed by atoms with E-state index >= 15 is 0 Å². The van der Waals surface area contributed by atoms with Crippen LogP contribution in [-0.2, 0) is 0 Å². The van der Waals surface area contributed by atoms with Gasteiger partial charge in [0.05, 0.1) is 18.8 Å². The average Bonchev–Trinajstić information content (AvgIpc) is 3.10. The summed E-state index contributed by atoms with van der Waals surface area (Å²) in [6.45, 7) is 3.08. The minimum absolute atomic E-state index is 0.459. The summed E-state index contributed by atoms with van der Waals surface area (Å²) in [4.78, 5) is 0. The maximum atomic E-state index is 5.72. The zero-order valence-electron chi connectivity index (χ0n) is 13.6. The lowest BCUT2D eigenvalue weighted by molar-refractivity contribution is 0.339. The van der Waals surface area contributed by atoms with Crippen LogP contribution in [0.1, 0.15) is 6.92 Å². The predicted molar refractivity (Wildman–Crippen MR) is 101 cm³/mol. The van der Waals surface area contributed by atoms with Crippen LogP contribution in [0.5, 0.6) is 11.5 Å². The third-order valence-corrected chi connectivity index (χ3v) is 4.53. The van der Waals surface area contributed by atoms with Gasteiger partial charge in [0.25, 0.3) is 11.1 Å². The Hall–Kier alpha value is -1.99. The lowest BCUT2D eigenvalue weighted by Gasteiger charge is -2.06. The molecule has 0 aliphatic heterocycles. The Kier molecular flexibility index (Phi) is 6.36. The highest BCUT2D eigenvalue weighted by molar-refractivity contribution is 9.10. The smallest absolute Gasteiger partial charge is 0.276 e. The molecule has 0 radical (unpaired) electrons. The van der Waals surface area contributed by atoms with Crippen molar-refractivity contribution >= 4 is 27.7 Å². The zero-order chi connectivity index (χ0) is 17.5. The molecule has 1 aromatic heterocycles. The Labute approximate surface area is 158 Å². The van der Waals surface area contributed by atoms with Crippen molar-refractivity contribution in [2.24, 2.45) is 0 Å². The van der Waals surface area contributed by atoms with E-state index in [9.17, 15) is 0 Å². The van der Waals surface area contributed by atoms with Crippen molar-refractivity contribution in [2.75, 3.05) is 19.0 Å². The third kappa shape index (κ3) is 4.99. The zero-order valence-corrected chi connectivity index (χ0v) is 16.0. The number of para-hydroxylation sites is 1. The fourth-order valence-electron chi connectivity index (χ4n) is 2.12. The first kappa shape index (κ1) is 17.8. The van der Waals surface area contributed by atoms with Gasteiger partial charge in [-0.25, -0.2) is 0 Å². The summed E-state index contributed by atoms with van der Waals surface area (Å²) in [6.07, 6.45) is 0. The molecule has 0 N–H and O–H groups in total. The average molecular weight is 421 g/mol. The molecule has 0 amide bonds. The topological polar surface area (TPSA) is 57.4 Å². The van der Waals surface area contributed by atoms with Crippen molar-refractivity contribution in [3.63, 3.8) is 0 Å². The van der Waals surface area contributed by atoms with E-state index in [2.05, 4.69) is 26.1 Å². The van der Waals surface area contributed by atoms with Crippen LogP contribution in [0.3, 0.4) is 0 Å². The van der Waals surface area contributed by atoms with Gasteiger partial charge in [0.2, 0.25) is 0 Å². The fourth-order valence-corrected chi connectivity index (χ4v) is 2.96. The molecule has 7 heteroatoms. The highest BCUT2D eigenvalue weighted by Crippen LogP contribution is 2.30. The molecule has 130 valence electrons. The largest absolute Gasteiger partial charge is 0.493 e. The second-order valence-corrected chi connectivity index (χ2v) is 6.91. The first-order valence-corrected chi connectivity index (χ1v) is 9.61. The van der Waals surface area contributed by atoms with Crippen LogP contribution in [0.4, 0.5) is 0 Å². The summed E-state index contributed by atoms with van der Waals surface area (Å²) in [5, 5.41) is 8.71. The second kappa shape index (κ2) is 8.92. The summed E-state index contributed by atoms with van der Waals surface area (Å²) >= 11 is 4.86. The molecule has 0 atom stereocenters. The maximum Gasteiger partial charge on any atom is 0.276 e. The van der Waals surface area contributed by atoms with E-state index in [1.807, 2.05) is 55.5 Å². The van der Waals surface area contributed by atoms with E-state index in [4.69, 9.17) is 13.9 Å². The van der Waals surface area contributed by atoms with E-state index in [1.165, 1.54) is 11.8 Å². The summed E-state index contributed by atoms with van der Waals surface area (Å²) in [7, 11) is 0. The van der Waals surface area contributed by atoms with Crippen LogP contribution < -0.4 is 9.47 Å². The molecule has 25 heavy (non-hydrogen) atoms. The molecule has 0 saturated heterocycles. The molecule has 5 nitrogen and oxygen atoms in total. The highest BCUT2D eigenvalue weighted by Gasteiger charge is 2.13. The minimum Gasteiger partial charge on any atom is -0.493 e. The number of ether oxygens (including phenoxy) is 2. The number of thioether (sulfide) groups is 1. The lowest BCUT2D eigenvalue weighted by Crippen LogP contribution is -1.99. The van der Waals surface area contributed by atoms with Crippen molar-refractivity contribution in [3.8, 4) is 23.0 Å². The number of nitrogens with zero attached hydrogens (tertiary/aromatic N) is 2. The molecule has 0 fully saturated rings. The van der Waals surface area contributed by atoms with E-state index in [0.29, 0.717) is 30.1 Å². The van der Waals surface area contributed by atoms with Crippen LogP contribution >= 0.6 is 27.7 Å². The molecular weight excluding hydrogens is 404 g/mol. The van der Waals surface area contributed by atoms with E-state index in [0.717, 1.165) is 21.5 Å². The summed E-state index contributed by atoms with van der Waals surface area (Å²) in [6, 6.07) is 15.4. The Bertz CT molecular complexity index is 808. The van der Waals surface area contributed by atoms with Gasteiger partial charge in [0.1, 0.15) is 11.5 Å². The van der Waals surface area contributed by atoms with Crippen molar-refractivity contribution < 1.29 is 13.9 Å². The van der Waals surface area contributed by atoms with Gasteiger partial charge >= 0.3 is 0 Å². The van der Waals surface area contributed by atoms with Gasteiger partial charge in [-0.3, -0.25) is 0 Å². The van der Waals surface area contributed by atoms with Crippen LogP contribution in [0.2, 0.25) is 0 Å². The maximum absolute atomic E-state index is 5.72. The van der Waals surface area contributed by atoms with E-state index in [-0.39, 0.29) is 0 Å². The van der Waals surface area contributed by atoms with Crippen molar-refractivity contribution in [3.05, 3.63) is 53.0 Å². The summed E-state index contributed by atoms with van der Waals surface area (Å²) in [5.41, 5.74) is 0.801. The molecule has 3 aromatic rings. The van der Waals surface area contributed by atoms with E-state index in [1.54, 1.807) is 0 Å². The van der Waals surface area contributed by atoms with Gasteiger partial charge in [0, 0.05) is 10.2 Å². The Morgan fingerprint density at radius 2 is 1.84 bits per heavy atom. The van der Waals surface area contributed by atoms with Crippen molar-refractivity contribution in [1.82, 2.24) is 10.2 Å². The summed E-state index contributed by atoms with van der Waals surface area (Å²) in [5.74, 6) is 2.75. The van der Waals surface area contributed by atoms with Crippen LogP contribution in [0.25, 0.3) is 11.5 Å². The van der Waals surface area contributed by atoms with Gasteiger partial charge in [-0.05, 0) is 43.3 Å². The van der Waals surface area contributed by atoms with Crippen LogP contribution in [-0.4, -0.2) is 29.2 Å². The van der Waals surface area contributed by atoms with Gasteiger partial charge in [0.15, 0.2) is 0 Å². The SMILES string of the molecule is CCOc1ccccc1-c1nnc(SCCOc2ccc(Br)cc2)o1. The minimum atomic E-state index is 0.459.